The second-order valence-electron chi connectivity index (χ2n) is 4.40. The molecule has 1 aromatic carbocycles. The van der Waals surface area contributed by atoms with Crippen molar-refractivity contribution in [1.29, 1.82) is 0 Å². The Morgan fingerprint density at radius 3 is 2.67 bits per heavy atom. The fourth-order valence-corrected chi connectivity index (χ4v) is 1.93. The molecule has 0 bridgehead atoms. The predicted octanol–water partition coefficient (Wildman–Crippen LogP) is 2.33. The molecule has 0 saturated heterocycles. The van der Waals surface area contributed by atoms with E-state index < -0.39 is 5.92 Å². The van der Waals surface area contributed by atoms with Gasteiger partial charge in [0.2, 0.25) is 0 Å². The molecule has 18 heavy (non-hydrogen) atoms. The van der Waals surface area contributed by atoms with Gasteiger partial charge in [-0.3, -0.25) is 0 Å². The molecule has 1 aliphatic rings. The molecule has 1 aliphatic heterocycles. The highest BCUT2D eigenvalue weighted by molar-refractivity contribution is 5.51. The van der Waals surface area contributed by atoms with Crippen LogP contribution in [0.2, 0.25) is 0 Å². The zero-order chi connectivity index (χ0) is 13.2. The van der Waals surface area contributed by atoms with E-state index in [2.05, 4.69) is 5.32 Å². The third-order valence-electron chi connectivity index (χ3n) is 2.87. The van der Waals surface area contributed by atoms with Crippen molar-refractivity contribution in [2.75, 3.05) is 26.8 Å². The van der Waals surface area contributed by atoms with Crippen molar-refractivity contribution in [3.8, 4) is 11.5 Å². The van der Waals surface area contributed by atoms with Crippen LogP contribution in [-0.2, 0) is 12.3 Å². The van der Waals surface area contributed by atoms with Crippen molar-refractivity contribution in [3.05, 3.63) is 23.3 Å². The Morgan fingerprint density at radius 2 is 2.00 bits per heavy atom. The van der Waals surface area contributed by atoms with Crippen molar-refractivity contribution < 1.29 is 18.3 Å². The third-order valence-corrected chi connectivity index (χ3v) is 2.87. The van der Waals surface area contributed by atoms with Crippen LogP contribution >= 0.6 is 0 Å². The van der Waals surface area contributed by atoms with Crippen LogP contribution in [-0.4, -0.2) is 26.8 Å². The number of nitrogens with one attached hydrogen (secondary N) is 1. The first kappa shape index (κ1) is 13.1. The van der Waals surface area contributed by atoms with Gasteiger partial charge in [-0.25, -0.2) is 8.78 Å². The van der Waals surface area contributed by atoms with Crippen LogP contribution < -0.4 is 14.8 Å². The van der Waals surface area contributed by atoms with E-state index in [1.54, 1.807) is 0 Å². The first-order valence-electron chi connectivity index (χ1n) is 5.98. The molecule has 100 valence electrons. The fraction of sp³-hybridized carbons (Fsp3) is 0.538. The summed E-state index contributed by atoms with van der Waals surface area (Å²) in [6.07, 6.45) is 0.631. The molecule has 0 aromatic heterocycles. The highest BCUT2D eigenvalue weighted by Gasteiger charge is 2.28. The number of ether oxygens (including phenoxy) is 2. The molecule has 2 rings (SSSR count). The van der Waals surface area contributed by atoms with Crippen LogP contribution in [0.25, 0.3) is 0 Å². The molecule has 0 radical (unpaired) electrons. The van der Waals surface area contributed by atoms with Crippen molar-refractivity contribution in [1.82, 2.24) is 5.32 Å². The van der Waals surface area contributed by atoms with Gasteiger partial charge in [0, 0.05) is 12.5 Å². The first-order chi connectivity index (χ1) is 8.52. The Balaban J connectivity index is 2.41. The molecule has 0 aliphatic carbocycles. The quantitative estimate of drug-likeness (QED) is 0.898. The highest BCUT2D eigenvalue weighted by Crippen LogP contribution is 2.39. The molecule has 0 fully saturated rings. The summed E-state index contributed by atoms with van der Waals surface area (Å²) < 4.78 is 37.8. The maximum atomic E-state index is 13.4. The van der Waals surface area contributed by atoms with Crippen LogP contribution in [0.4, 0.5) is 8.78 Å². The molecule has 0 unspecified atom stereocenters. The first-order valence-corrected chi connectivity index (χ1v) is 5.98. The minimum absolute atomic E-state index is 0.0298. The van der Waals surface area contributed by atoms with Gasteiger partial charge in [-0.2, -0.15) is 0 Å². The smallest absolute Gasteiger partial charge is 0.270 e. The molecule has 3 nitrogen and oxygen atoms in total. The molecule has 1 heterocycles. The fourth-order valence-electron chi connectivity index (χ4n) is 1.93. The minimum atomic E-state index is -2.87. The van der Waals surface area contributed by atoms with Crippen molar-refractivity contribution >= 4 is 0 Å². The lowest BCUT2D eigenvalue weighted by atomic mass is 10.0. The number of halogens is 2. The van der Waals surface area contributed by atoms with Crippen molar-refractivity contribution in [2.24, 2.45) is 0 Å². The summed E-state index contributed by atoms with van der Waals surface area (Å²) in [5, 5.41) is 3.00. The van der Waals surface area contributed by atoms with Gasteiger partial charge in [0.05, 0.1) is 0 Å². The van der Waals surface area contributed by atoms with Gasteiger partial charge in [0.15, 0.2) is 11.5 Å². The SMILES string of the molecule is CNCCc1cc(C(C)(F)F)cc2c1OCCO2. The zero-order valence-electron chi connectivity index (χ0n) is 10.6. The van der Waals surface area contributed by atoms with E-state index in [0.717, 1.165) is 12.5 Å². The average Bonchev–Trinajstić information content (AvgIpc) is 2.34. The van der Waals surface area contributed by atoms with Crippen LogP contribution in [0.15, 0.2) is 12.1 Å². The predicted molar refractivity (Wildman–Crippen MR) is 64.6 cm³/mol. The number of rotatable bonds is 4. The van der Waals surface area contributed by atoms with E-state index in [9.17, 15) is 8.78 Å². The Bertz CT molecular complexity index is 430. The Kier molecular flexibility index (Phi) is 3.71. The maximum absolute atomic E-state index is 13.4. The van der Waals surface area contributed by atoms with Gasteiger partial charge < -0.3 is 14.8 Å². The Hall–Kier alpha value is -1.36. The van der Waals surface area contributed by atoms with E-state index in [4.69, 9.17) is 9.47 Å². The molecule has 1 N–H and O–H groups in total. The summed E-state index contributed by atoms with van der Waals surface area (Å²) in [5.41, 5.74) is 0.732. The van der Waals surface area contributed by atoms with Crippen LogP contribution in [0.1, 0.15) is 18.1 Å². The van der Waals surface area contributed by atoms with E-state index in [-0.39, 0.29) is 5.56 Å². The number of likely N-dealkylation sites (N-methyl/N-ethyl adjacent to an activating group) is 1. The molecule has 0 spiro atoms. The monoisotopic (exact) mass is 257 g/mol. The molecule has 0 amide bonds. The summed E-state index contributed by atoms with van der Waals surface area (Å²) in [7, 11) is 1.82. The standard InChI is InChI=1S/C13H17F2NO2/c1-13(14,15)10-7-9(3-4-16-2)12-11(8-10)17-5-6-18-12/h7-8,16H,3-6H2,1-2H3. The van der Waals surface area contributed by atoms with Crippen molar-refractivity contribution in [3.63, 3.8) is 0 Å². The number of alkyl halides is 2. The van der Waals surface area contributed by atoms with Gasteiger partial charge in [0.25, 0.3) is 5.92 Å². The summed E-state index contributed by atoms with van der Waals surface area (Å²) in [6.45, 7) is 2.45. The van der Waals surface area contributed by atoms with Crippen LogP contribution in [0.3, 0.4) is 0 Å². The molecule has 5 heteroatoms. The summed E-state index contributed by atoms with van der Waals surface area (Å²) in [6, 6.07) is 2.88. The molecular weight excluding hydrogens is 240 g/mol. The lowest BCUT2D eigenvalue weighted by Gasteiger charge is -2.23. The maximum Gasteiger partial charge on any atom is 0.270 e. The van der Waals surface area contributed by atoms with Crippen molar-refractivity contribution in [2.45, 2.75) is 19.3 Å². The highest BCUT2D eigenvalue weighted by atomic mass is 19.3. The molecule has 1 aromatic rings. The summed E-state index contributed by atoms with van der Waals surface area (Å²) >= 11 is 0. The lowest BCUT2D eigenvalue weighted by Crippen LogP contribution is -2.20. The largest absolute Gasteiger partial charge is 0.486 e. The topological polar surface area (TPSA) is 30.5 Å². The minimum Gasteiger partial charge on any atom is -0.486 e. The number of fused-ring (bicyclic) bond motifs is 1. The molecule has 0 atom stereocenters. The number of benzene rings is 1. The normalized spacial score (nSPS) is 14.7. The second-order valence-corrected chi connectivity index (χ2v) is 4.40. The number of hydrogen-bond donors (Lipinski definition) is 1. The van der Waals surface area contributed by atoms with E-state index >= 15 is 0 Å². The molecule has 0 saturated carbocycles. The van der Waals surface area contributed by atoms with Crippen LogP contribution in [0, 0.1) is 0 Å². The summed E-state index contributed by atoms with van der Waals surface area (Å²) in [5.74, 6) is -1.85. The Labute approximate surface area is 105 Å². The van der Waals surface area contributed by atoms with Gasteiger partial charge in [-0.05, 0) is 37.7 Å². The van der Waals surface area contributed by atoms with E-state index in [0.29, 0.717) is 37.7 Å². The van der Waals surface area contributed by atoms with Gasteiger partial charge in [-0.15, -0.1) is 0 Å². The third kappa shape index (κ3) is 2.72. The van der Waals surface area contributed by atoms with Gasteiger partial charge in [0.1, 0.15) is 13.2 Å². The lowest BCUT2D eigenvalue weighted by molar-refractivity contribution is 0.0168. The van der Waals surface area contributed by atoms with Crippen LogP contribution in [0.5, 0.6) is 11.5 Å². The number of hydrogen-bond acceptors (Lipinski definition) is 3. The summed E-state index contributed by atoms with van der Waals surface area (Å²) in [4.78, 5) is 0. The Morgan fingerprint density at radius 1 is 1.28 bits per heavy atom. The molecular formula is C13H17F2NO2. The average molecular weight is 257 g/mol. The second kappa shape index (κ2) is 5.10. The van der Waals surface area contributed by atoms with E-state index in [1.165, 1.54) is 12.1 Å². The van der Waals surface area contributed by atoms with E-state index in [1.807, 2.05) is 7.05 Å². The van der Waals surface area contributed by atoms with Gasteiger partial charge in [-0.1, -0.05) is 0 Å². The van der Waals surface area contributed by atoms with Gasteiger partial charge >= 0.3 is 0 Å². The zero-order valence-corrected chi connectivity index (χ0v) is 10.6.